The van der Waals surface area contributed by atoms with Gasteiger partial charge >= 0.3 is 6.03 Å². The van der Waals surface area contributed by atoms with Crippen LogP contribution in [0.3, 0.4) is 0 Å². The average Bonchev–Trinajstić information content (AvgIpc) is 2.29. The second-order valence-corrected chi connectivity index (χ2v) is 4.14. The molecule has 1 aromatic rings. The van der Waals surface area contributed by atoms with E-state index in [1.807, 2.05) is 24.3 Å². The van der Waals surface area contributed by atoms with Crippen molar-refractivity contribution in [2.45, 2.75) is 32.7 Å². The summed E-state index contributed by atoms with van der Waals surface area (Å²) in [6, 6.07) is 7.50. The number of unbranched alkanes of at least 4 members (excludes halogenated alkanes) is 1. The Morgan fingerprint density at radius 3 is 2.53 bits per heavy atom. The third kappa shape index (κ3) is 4.87. The van der Waals surface area contributed by atoms with E-state index in [-0.39, 0.29) is 0 Å². The van der Waals surface area contributed by atoms with Crippen LogP contribution in [0.5, 0.6) is 0 Å². The van der Waals surface area contributed by atoms with E-state index in [9.17, 15) is 4.79 Å². The molecule has 0 bridgehead atoms. The summed E-state index contributed by atoms with van der Waals surface area (Å²) in [5.74, 6) is 0. The molecule has 1 unspecified atom stereocenters. The number of hydrogen-bond acceptors (Lipinski definition) is 2. The molecule has 0 aromatic heterocycles. The molecule has 4 N–H and O–H groups in total. The van der Waals surface area contributed by atoms with Crippen molar-refractivity contribution in [3.05, 3.63) is 29.8 Å². The molecule has 0 radical (unpaired) electrons. The number of rotatable bonds is 6. The summed E-state index contributed by atoms with van der Waals surface area (Å²) in [7, 11) is 0. The lowest BCUT2D eigenvalue weighted by atomic mass is 10.1. The molecular formula is C13H21N3O. The van der Waals surface area contributed by atoms with E-state index in [1.165, 1.54) is 18.4 Å². The standard InChI is InChI=1S/C13H21N3O/c1-3-4-9-15-10(2)11-5-7-12(8-6-11)16-13(14)17/h5-8,10,15H,3-4,9H2,1-2H3,(H3,14,16,17). The molecule has 1 rings (SSSR count). The highest BCUT2D eigenvalue weighted by molar-refractivity contribution is 5.87. The second-order valence-electron chi connectivity index (χ2n) is 4.14. The molecule has 2 amide bonds. The molecule has 0 heterocycles. The van der Waals surface area contributed by atoms with Crippen LogP contribution in [0.1, 0.15) is 38.3 Å². The van der Waals surface area contributed by atoms with Gasteiger partial charge in [-0.25, -0.2) is 4.79 Å². The van der Waals surface area contributed by atoms with Gasteiger partial charge in [0.05, 0.1) is 0 Å². The van der Waals surface area contributed by atoms with E-state index in [0.717, 1.165) is 12.2 Å². The molecule has 1 aromatic carbocycles. The van der Waals surface area contributed by atoms with Crippen molar-refractivity contribution in [3.63, 3.8) is 0 Å². The lowest BCUT2D eigenvalue weighted by molar-refractivity contribution is 0.259. The van der Waals surface area contributed by atoms with Gasteiger partial charge in [0.2, 0.25) is 0 Å². The van der Waals surface area contributed by atoms with E-state index >= 15 is 0 Å². The lowest BCUT2D eigenvalue weighted by Gasteiger charge is -2.14. The number of carbonyl (C=O) groups is 1. The number of primary amides is 1. The van der Waals surface area contributed by atoms with Gasteiger partial charge in [-0.05, 0) is 37.6 Å². The predicted molar refractivity (Wildman–Crippen MR) is 71.0 cm³/mol. The highest BCUT2D eigenvalue weighted by atomic mass is 16.2. The van der Waals surface area contributed by atoms with Gasteiger partial charge in [-0.3, -0.25) is 0 Å². The number of urea groups is 1. The Morgan fingerprint density at radius 1 is 1.35 bits per heavy atom. The summed E-state index contributed by atoms with van der Waals surface area (Å²) in [6.07, 6.45) is 2.38. The van der Waals surface area contributed by atoms with E-state index in [2.05, 4.69) is 24.5 Å². The first-order chi connectivity index (χ1) is 8.13. The molecule has 4 nitrogen and oxygen atoms in total. The zero-order valence-corrected chi connectivity index (χ0v) is 10.5. The van der Waals surface area contributed by atoms with Crippen molar-refractivity contribution in [2.75, 3.05) is 11.9 Å². The smallest absolute Gasteiger partial charge is 0.316 e. The molecule has 94 valence electrons. The van der Waals surface area contributed by atoms with Gasteiger partial charge in [0.25, 0.3) is 0 Å². The molecule has 0 saturated heterocycles. The Morgan fingerprint density at radius 2 is 2.00 bits per heavy atom. The van der Waals surface area contributed by atoms with Crippen LogP contribution in [0.4, 0.5) is 10.5 Å². The first kappa shape index (κ1) is 13.5. The van der Waals surface area contributed by atoms with Gasteiger partial charge < -0.3 is 16.4 Å². The summed E-state index contributed by atoms with van der Waals surface area (Å²) >= 11 is 0. The van der Waals surface area contributed by atoms with Crippen LogP contribution < -0.4 is 16.4 Å². The van der Waals surface area contributed by atoms with Crippen LogP contribution in [0, 0.1) is 0 Å². The van der Waals surface area contributed by atoms with Crippen molar-refractivity contribution in [1.82, 2.24) is 5.32 Å². The normalized spacial score (nSPS) is 12.1. The van der Waals surface area contributed by atoms with E-state index in [4.69, 9.17) is 5.73 Å². The molecule has 0 aliphatic heterocycles. The lowest BCUT2D eigenvalue weighted by Crippen LogP contribution is -2.20. The van der Waals surface area contributed by atoms with Crippen molar-refractivity contribution < 1.29 is 4.79 Å². The van der Waals surface area contributed by atoms with Crippen molar-refractivity contribution in [2.24, 2.45) is 5.73 Å². The quantitative estimate of drug-likeness (QED) is 0.663. The van der Waals surface area contributed by atoms with Gasteiger partial charge in [0.15, 0.2) is 0 Å². The highest BCUT2D eigenvalue weighted by Crippen LogP contribution is 2.15. The predicted octanol–water partition coefficient (Wildman–Crippen LogP) is 2.63. The van der Waals surface area contributed by atoms with Gasteiger partial charge in [0.1, 0.15) is 0 Å². The SMILES string of the molecule is CCCCNC(C)c1ccc(NC(N)=O)cc1. The number of anilines is 1. The molecule has 17 heavy (non-hydrogen) atoms. The largest absolute Gasteiger partial charge is 0.351 e. The maximum atomic E-state index is 10.7. The fourth-order valence-corrected chi connectivity index (χ4v) is 1.61. The molecule has 0 aliphatic rings. The molecule has 4 heteroatoms. The Hall–Kier alpha value is -1.55. The third-order valence-electron chi connectivity index (χ3n) is 2.66. The Labute approximate surface area is 103 Å². The molecule has 0 saturated carbocycles. The van der Waals surface area contributed by atoms with Gasteiger partial charge in [-0.15, -0.1) is 0 Å². The summed E-state index contributed by atoms with van der Waals surface area (Å²) in [4.78, 5) is 10.7. The number of nitrogens with two attached hydrogens (primary N) is 1. The highest BCUT2D eigenvalue weighted by Gasteiger charge is 2.04. The first-order valence-corrected chi connectivity index (χ1v) is 6.03. The Balaban J connectivity index is 2.51. The third-order valence-corrected chi connectivity index (χ3v) is 2.66. The maximum Gasteiger partial charge on any atom is 0.316 e. The number of amides is 2. The van der Waals surface area contributed by atoms with Gasteiger partial charge in [0, 0.05) is 11.7 Å². The minimum atomic E-state index is -0.535. The average molecular weight is 235 g/mol. The fourth-order valence-electron chi connectivity index (χ4n) is 1.61. The summed E-state index contributed by atoms with van der Waals surface area (Å²) < 4.78 is 0. The van der Waals surface area contributed by atoms with Crippen LogP contribution in [-0.4, -0.2) is 12.6 Å². The fraction of sp³-hybridized carbons (Fsp3) is 0.462. The molecule has 1 atom stereocenters. The summed E-state index contributed by atoms with van der Waals surface area (Å²) in [6.45, 7) is 5.34. The molecule has 0 fully saturated rings. The minimum Gasteiger partial charge on any atom is -0.351 e. The second kappa shape index (κ2) is 6.91. The summed E-state index contributed by atoms with van der Waals surface area (Å²) in [5.41, 5.74) is 6.97. The van der Waals surface area contributed by atoms with Crippen molar-refractivity contribution >= 4 is 11.7 Å². The number of carbonyl (C=O) groups excluding carboxylic acids is 1. The van der Waals surface area contributed by atoms with Gasteiger partial charge in [-0.1, -0.05) is 25.5 Å². The van der Waals surface area contributed by atoms with Crippen molar-refractivity contribution in [3.8, 4) is 0 Å². The maximum absolute atomic E-state index is 10.7. The van der Waals surface area contributed by atoms with E-state index in [0.29, 0.717) is 6.04 Å². The molecule has 0 spiro atoms. The zero-order valence-electron chi connectivity index (χ0n) is 10.5. The number of hydrogen-bond donors (Lipinski definition) is 3. The zero-order chi connectivity index (χ0) is 12.7. The van der Waals surface area contributed by atoms with Crippen molar-refractivity contribution in [1.29, 1.82) is 0 Å². The Bertz CT molecular complexity index is 348. The van der Waals surface area contributed by atoms with Gasteiger partial charge in [-0.2, -0.15) is 0 Å². The van der Waals surface area contributed by atoms with Crippen LogP contribution in [0.2, 0.25) is 0 Å². The number of benzene rings is 1. The van der Waals surface area contributed by atoms with Crippen LogP contribution in [0.15, 0.2) is 24.3 Å². The van der Waals surface area contributed by atoms with E-state index < -0.39 is 6.03 Å². The van der Waals surface area contributed by atoms with Crippen LogP contribution >= 0.6 is 0 Å². The monoisotopic (exact) mass is 235 g/mol. The van der Waals surface area contributed by atoms with E-state index in [1.54, 1.807) is 0 Å². The minimum absolute atomic E-state index is 0.323. The Kier molecular flexibility index (Phi) is 5.49. The van der Waals surface area contributed by atoms with Crippen LogP contribution in [0.25, 0.3) is 0 Å². The summed E-state index contributed by atoms with van der Waals surface area (Å²) in [5, 5.41) is 5.99. The number of nitrogens with one attached hydrogen (secondary N) is 2. The van der Waals surface area contributed by atoms with Crippen LogP contribution in [-0.2, 0) is 0 Å². The first-order valence-electron chi connectivity index (χ1n) is 6.03. The molecule has 0 aliphatic carbocycles. The topological polar surface area (TPSA) is 67.2 Å². The molecular weight excluding hydrogens is 214 g/mol.